The number of hydrogen-bond acceptors (Lipinski definition) is 7. The molecule has 23 heavy (non-hydrogen) atoms. The average Bonchev–Trinajstić information content (AvgIpc) is 2.61. The Kier molecular flexibility index (Phi) is 4.44. The predicted molar refractivity (Wildman–Crippen MR) is 86.9 cm³/mol. The van der Waals surface area contributed by atoms with E-state index in [1.54, 1.807) is 20.3 Å². The molecular weight excluding hydrogens is 294 g/mol. The number of hydrogen-bond donors (Lipinski definition) is 2. The Morgan fingerprint density at radius 1 is 1.17 bits per heavy atom. The van der Waals surface area contributed by atoms with E-state index in [0.717, 1.165) is 31.3 Å². The molecule has 0 radical (unpaired) electrons. The molecule has 1 aromatic heterocycles. The van der Waals surface area contributed by atoms with Crippen LogP contribution in [0, 0.1) is 11.3 Å². The molecule has 0 bridgehead atoms. The number of nitrogens with one attached hydrogen (secondary N) is 2. The largest absolute Gasteiger partial charge is 0.493 e. The molecule has 0 aliphatic carbocycles. The van der Waals surface area contributed by atoms with Gasteiger partial charge in [0, 0.05) is 17.5 Å². The van der Waals surface area contributed by atoms with Crippen molar-refractivity contribution in [3.8, 4) is 17.6 Å². The molecule has 2 N–H and O–H groups in total. The summed E-state index contributed by atoms with van der Waals surface area (Å²) in [5.41, 5.74) is 0.658. The highest BCUT2D eigenvalue weighted by molar-refractivity contribution is 5.92. The number of benzene rings is 1. The minimum absolute atomic E-state index is 0.140. The van der Waals surface area contributed by atoms with Gasteiger partial charge < -0.3 is 20.1 Å². The highest BCUT2D eigenvalue weighted by Crippen LogP contribution is 2.34. The molecule has 0 amide bonds. The van der Waals surface area contributed by atoms with Crippen LogP contribution in [0.4, 0.5) is 5.82 Å². The molecule has 2 aromatic rings. The first-order valence-electron chi connectivity index (χ1n) is 7.56. The second-order valence-corrected chi connectivity index (χ2v) is 5.40. The van der Waals surface area contributed by atoms with Gasteiger partial charge in [-0.3, -0.25) is 0 Å². The number of fused-ring (bicyclic) bond motifs is 1. The van der Waals surface area contributed by atoms with Gasteiger partial charge >= 0.3 is 0 Å². The number of methoxy groups -OCH3 is 2. The van der Waals surface area contributed by atoms with Crippen molar-refractivity contribution >= 4 is 16.7 Å². The van der Waals surface area contributed by atoms with E-state index in [0.29, 0.717) is 28.9 Å². The molecule has 1 saturated heterocycles. The monoisotopic (exact) mass is 313 g/mol. The van der Waals surface area contributed by atoms with Gasteiger partial charge in [0.15, 0.2) is 11.5 Å². The van der Waals surface area contributed by atoms with Gasteiger partial charge in [0.1, 0.15) is 11.9 Å². The van der Waals surface area contributed by atoms with Crippen LogP contribution in [0.5, 0.6) is 11.5 Å². The van der Waals surface area contributed by atoms with E-state index in [9.17, 15) is 5.26 Å². The van der Waals surface area contributed by atoms with Crippen LogP contribution in [0.3, 0.4) is 0 Å². The van der Waals surface area contributed by atoms with Crippen LogP contribution in [-0.4, -0.2) is 43.3 Å². The third-order valence-corrected chi connectivity index (χ3v) is 3.98. The SMILES string of the molecule is COc1cc2nc(C#N)nc(NC3CCNCC3)c2cc1OC. The first-order valence-corrected chi connectivity index (χ1v) is 7.56. The number of rotatable bonds is 4. The highest BCUT2D eigenvalue weighted by atomic mass is 16.5. The molecule has 1 aliphatic rings. The second-order valence-electron chi connectivity index (χ2n) is 5.40. The maximum Gasteiger partial charge on any atom is 0.234 e. The van der Waals surface area contributed by atoms with Crippen molar-refractivity contribution in [2.24, 2.45) is 0 Å². The standard InChI is InChI=1S/C16H19N5O2/c1-22-13-7-11-12(8-14(13)23-2)20-15(9-17)21-16(11)19-10-3-5-18-6-4-10/h7-8,10,18H,3-6H2,1-2H3,(H,19,20,21). The Balaban J connectivity index is 2.08. The van der Waals surface area contributed by atoms with Gasteiger partial charge in [-0.05, 0) is 32.0 Å². The van der Waals surface area contributed by atoms with Gasteiger partial charge in [0.25, 0.3) is 0 Å². The molecule has 3 rings (SSSR count). The molecule has 2 heterocycles. The summed E-state index contributed by atoms with van der Waals surface area (Å²) in [6.45, 7) is 1.95. The summed E-state index contributed by atoms with van der Waals surface area (Å²) in [4.78, 5) is 8.62. The molecule has 1 aliphatic heterocycles. The third-order valence-electron chi connectivity index (χ3n) is 3.98. The first kappa shape index (κ1) is 15.3. The van der Waals surface area contributed by atoms with Gasteiger partial charge in [-0.25, -0.2) is 9.97 Å². The lowest BCUT2D eigenvalue weighted by Gasteiger charge is -2.24. The van der Waals surface area contributed by atoms with Crippen LogP contribution < -0.4 is 20.1 Å². The van der Waals surface area contributed by atoms with Crippen molar-refractivity contribution in [1.82, 2.24) is 15.3 Å². The summed E-state index contributed by atoms with van der Waals surface area (Å²) in [6, 6.07) is 5.96. The maximum atomic E-state index is 9.19. The zero-order valence-electron chi connectivity index (χ0n) is 13.2. The number of nitriles is 1. The zero-order chi connectivity index (χ0) is 16.2. The van der Waals surface area contributed by atoms with E-state index in [1.165, 1.54) is 0 Å². The Morgan fingerprint density at radius 3 is 2.52 bits per heavy atom. The second kappa shape index (κ2) is 6.67. The zero-order valence-corrected chi connectivity index (χ0v) is 13.2. The molecule has 0 saturated carbocycles. The van der Waals surface area contributed by atoms with Gasteiger partial charge in [-0.1, -0.05) is 0 Å². The van der Waals surface area contributed by atoms with Gasteiger partial charge in [-0.2, -0.15) is 5.26 Å². The fraction of sp³-hybridized carbons (Fsp3) is 0.438. The minimum atomic E-state index is 0.140. The van der Waals surface area contributed by atoms with Crippen LogP contribution in [0.15, 0.2) is 12.1 Å². The van der Waals surface area contributed by atoms with E-state index in [-0.39, 0.29) is 5.82 Å². The molecule has 0 spiro atoms. The Hall–Kier alpha value is -2.59. The summed E-state index contributed by atoms with van der Waals surface area (Å²) >= 11 is 0. The number of nitrogens with zero attached hydrogens (tertiary/aromatic N) is 3. The van der Waals surface area contributed by atoms with Crippen molar-refractivity contribution in [2.45, 2.75) is 18.9 Å². The predicted octanol–water partition coefficient (Wildman–Crippen LogP) is 1.68. The Bertz CT molecular complexity index is 750. The lowest BCUT2D eigenvalue weighted by Crippen LogP contribution is -2.35. The molecular formula is C16H19N5O2. The van der Waals surface area contributed by atoms with E-state index in [2.05, 4.69) is 20.6 Å². The Morgan fingerprint density at radius 2 is 1.87 bits per heavy atom. The quantitative estimate of drug-likeness (QED) is 0.887. The van der Waals surface area contributed by atoms with Crippen LogP contribution >= 0.6 is 0 Å². The van der Waals surface area contributed by atoms with Gasteiger partial charge in [-0.15, -0.1) is 0 Å². The maximum absolute atomic E-state index is 9.19. The molecule has 0 unspecified atom stereocenters. The van der Waals surface area contributed by atoms with Crippen LogP contribution in [-0.2, 0) is 0 Å². The van der Waals surface area contributed by atoms with E-state index in [1.807, 2.05) is 12.1 Å². The first-order chi connectivity index (χ1) is 11.2. The van der Waals surface area contributed by atoms with E-state index < -0.39 is 0 Å². The molecule has 7 heteroatoms. The highest BCUT2D eigenvalue weighted by Gasteiger charge is 2.17. The number of anilines is 1. The molecule has 7 nitrogen and oxygen atoms in total. The van der Waals surface area contributed by atoms with Crippen molar-refractivity contribution < 1.29 is 9.47 Å². The third kappa shape index (κ3) is 3.12. The molecule has 1 fully saturated rings. The normalized spacial score (nSPS) is 15.2. The van der Waals surface area contributed by atoms with E-state index in [4.69, 9.17) is 9.47 Å². The lowest BCUT2D eigenvalue weighted by molar-refractivity contribution is 0.356. The number of ether oxygens (including phenoxy) is 2. The fourth-order valence-corrected chi connectivity index (χ4v) is 2.78. The molecule has 120 valence electrons. The Labute approximate surface area is 134 Å². The minimum Gasteiger partial charge on any atom is -0.493 e. The summed E-state index contributed by atoms with van der Waals surface area (Å²) in [5.74, 6) is 2.00. The van der Waals surface area contributed by atoms with Crippen molar-refractivity contribution in [3.63, 3.8) is 0 Å². The number of piperidine rings is 1. The van der Waals surface area contributed by atoms with Crippen molar-refractivity contribution in [2.75, 3.05) is 32.6 Å². The summed E-state index contributed by atoms with van der Waals surface area (Å²) in [7, 11) is 3.17. The molecule has 1 aromatic carbocycles. The average molecular weight is 313 g/mol. The smallest absolute Gasteiger partial charge is 0.234 e. The topological polar surface area (TPSA) is 92.1 Å². The van der Waals surface area contributed by atoms with Crippen molar-refractivity contribution in [1.29, 1.82) is 5.26 Å². The lowest BCUT2D eigenvalue weighted by atomic mass is 10.1. The summed E-state index contributed by atoms with van der Waals surface area (Å²) in [6.07, 6.45) is 2.03. The fourth-order valence-electron chi connectivity index (χ4n) is 2.78. The van der Waals surface area contributed by atoms with Gasteiger partial charge in [0.2, 0.25) is 5.82 Å². The van der Waals surface area contributed by atoms with Crippen LogP contribution in [0.2, 0.25) is 0 Å². The molecule has 0 atom stereocenters. The van der Waals surface area contributed by atoms with Crippen molar-refractivity contribution in [3.05, 3.63) is 18.0 Å². The number of aromatic nitrogens is 2. The van der Waals surface area contributed by atoms with Crippen LogP contribution in [0.25, 0.3) is 10.9 Å². The van der Waals surface area contributed by atoms with Gasteiger partial charge in [0.05, 0.1) is 19.7 Å². The summed E-state index contributed by atoms with van der Waals surface area (Å²) in [5, 5.41) is 16.8. The summed E-state index contributed by atoms with van der Waals surface area (Å²) < 4.78 is 10.7. The van der Waals surface area contributed by atoms with E-state index >= 15 is 0 Å². The van der Waals surface area contributed by atoms with Crippen LogP contribution in [0.1, 0.15) is 18.7 Å².